The Balaban J connectivity index is 3.22. The summed E-state index contributed by atoms with van der Waals surface area (Å²) < 4.78 is 5.56. The van der Waals surface area contributed by atoms with Gasteiger partial charge < -0.3 is 4.74 Å². The van der Waals surface area contributed by atoms with Crippen molar-refractivity contribution in [3.05, 3.63) is 0 Å². The standard InChI is InChI=1S/C5H9ClINO2/c1-2-3-4-10-5(9)8(6)7/h2-4H2,1H3. The molecule has 0 rings (SSSR count). The van der Waals surface area contributed by atoms with Gasteiger partial charge in [0.1, 0.15) is 0 Å². The Labute approximate surface area is 79.3 Å². The van der Waals surface area contributed by atoms with E-state index in [4.69, 9.17) is 16.5 Å². The number of nitrogens with zero attached hydrogens (tertiary/aromatic N) is 1. The largest absolute Gasteiger partial charge is 0.448 e. The monoisotopic (exact) mass is 277 g/mol. The van der Waals surface area contributed by atoms with Crippen molar-refractivity contribution in [1.29, 1.82) is 0 Å². The molecule has 0 saturated carbocycles. The minimum atomic E-state index is -0.504. The van der Waals surface area contributed by atoms with E-state index in [1.165, 1.54) is 0 Å². The van der Waals surface area contributed by atoms with Gasteiger partial charge in [0.15, 0.2) is 0 Å². The van der Waals surface area contributed by atoms with E-state index in [9.17, 15) is 4.79 Å². The van der Waals surface area contributed by atoms with Gasteiger partial charge >= 0.3 is 6.09 Å². The third kappa shape index (κ3) is 5.10. The smallest absolute Gasteiger partial charge is 0.433 e. The molecule has 10 heavy (non-hydrogen) atoms. The Morgan fingerprint density at radius 1 is 1.80 bits per heavy atom. The van der Waals surface area contributed by atoms with Gasteiger partial charge in [-0.3, -0.25) is 0 Å². The number of unbranched alkanes of at least 4 members (excludes halogenated alkanes) is 1. The van der Waals surface area contributed by atoms with Crippen molar-refractivity contribution in [3.63, 3.8) is 0 Å². The minimum absolute atomic E-state index is 0.446. The van der Waals surface area contributed by atoms with E-state index in [2.05, 4.69) is 0 Å². The number of hydrogen-bond acceptors (Lipinski definition) is 2. The van der Waals surface area contributed by atoms with Gasteiger partial charge in [-0.15, -0.1) is 0 Å². The summed E-state index contributed by atoms with van der Waals surface area (Å²) in [6.07, 6.45) is 1.39. The van der Waals surface area contributed by atoms with Crippen LogP contribution in [0.25, 0.3) is 0 Å². The van der Waals surface area contributed by atoms with Gasteiger partial charge in [0.05, 0.1) is 29.5 Å². The van der Waals surface area contributed by atoms with Crippen LogP contribution in [-0.2, 0) is 4.74 Å². The van der Waals surface area contributed by atoms with Gasteiger partial charge in [0.2, 0.25) is 0 Å². The molecular weight excluding hydrogens is 268 g/mol. The number of ether oxygens (including phenoxy) is 1. The Hall–Kier alpha value is 0.290. The predicted octanol–water partition coefficient (Wildman–Crippen LogP) is 2.73. The van der Waals surface area contributed by atoms with Crippen LogP contribution in [0.3, 0.4) is 0 Å². The quantitative estimate of drug-likeness (QED) is 0.451. The summed E-state index contributed by atoms with van der Waals surface area (Å²) in [6, 6.07) is 0. The van der Waals surface area contributed by atoms with Crippen molar-refractivity contribution >= 4 is 40.7 Å². The third-order valence-corrected chi connectivity index (χ3v) is 1.39. The van der Waals surface area contributed by atoms with Gasteiger partial charge in [-0.05, 0) is 6.42 Å². The van der Waals surface area contributed by atoms with Gasteiger partial charge in [0, 0.05) is 11.8 Å². The maximum atomic E-state index is 10.6. The van der Waals surface area contributed by atoms with Crippen LogP contribution in [0.2, 0.25) is 0 Å². The molecule has 0 aliphatic heterocycles. The average molecular weight is 277 g/mol. The molecule has 0 aliphatic carbocycles. The molecule has 0 heterocycles. The second kappa shape index (κ2) is 6.03. The van der Waals surface area contributed by atoms with Crippen molar-refractivity contribution in [2.75, 3.05) is 6.61 Å². The first-order valence-corrected chi connectivity index (χ1v) is 4.27. The van der Waals surface area contributed by atoms with Crippen LogP contribution in [0.15, 0.2) is 0 Å². The summed E-state index contributed by atoms with van der Waals surface area (Å²) in [5, 5.41) is 0. The van der Waals surface area contributed by atoms with E-state index in [1.807, 2.05) is 6.92 Å². The lowest BCUT2D eigenvalue weighted by atomic mass is 10.4. The fraction of sp³-hybridized carbons (Fsp3) is 0.800. The second-order valence-corrected chi connectivity index (χ2v) is 3.57. The van der Waals surface area contributed by atoms with E-state index in [-0.39, 0.29) is 0 Å². The Bertz CT molecular complexity index is 110. The molecule has 0 N–H and O–H groups in total. The highest BCUT2D eigenvalue weighted by atomic mass is 127. The molecule has 0 saturated heterocycles. The van der Waals surface area contributed by atoms with Crippen LogP contribution in [0.5, 0.6) is 0 Å². The first-order chi connectivity index (χ1) is 4.68. The highest BCUT2D eigenvalue weighted by Gasteiger charge is 2.06. The van der Waals surface area contributed by atoms with Crippen molar-refractivity contribution in [1.82, 2.24) is 2.63 Å². The van der Waals surface area contributed by atoms with Gasteiger partial charge in [-0.25, -0.2) is 4.79 Å². The number of halogens is 2. The SMILES string of the molecule is CCCCOC(=O)N(Cl)I. The maximum Gasteiger partial charge on any atom is 0.433 e. The third-order valence-electron chi connectivity index (χ3n) is 0.861. The maximum absolute atomic E-state index is 10.6. The highest BCUT2D eigenvalue weighted by molar-refractivity contribution is 14.1. The number of amides is 1. The molecule has 0 bridgehead atoms. The summed E-state index contributed by atoms with van der Waals surface area (Å²) >= 11 is 6.90. The molecule has 60 valence electrons. The highest BCUT2D eigenvalue weighted by Crippen LogP contribution is 2.05. The molecule has 0 unspecified atom stereocenters. The molecule has 0 aromatic rings. The molecule has 0 fully saturated rings. The van der Waals surface area contributed by atoms with Gasteiger partial charge in [0.25, 0.3) is 0 Å². The van der Waals surface area contributed by atoms with Crippen molar-refractivity contribution in [3.8, 4) is 0 Å². The second-order valence-electron chi connectivity index (χ2n) is 1.70. The van der Waals surface area contributed by atoms with E-state index in [0.717, 1.165) is 15.5 Å². The molecule has 5 heteroatoms. The summed E-state index contributed by atoms with van der Waals surface area (Å²) in [6.45, 7) is 2.47. The van der Waals surface area contributed by atoms with Crippen LogP contribution in [-0.4, -0.2) is 15.3 Å². The molecule has 1 amide bonds. The van der Waals surface area contributed by atoms with E-state index >= 15 is 0 Å². The molecular formula is C5H9ClINO2. The molecule has 3 nitrogen and oxygen atoms in total. The summed E-state index contributed by atoms with van der Waals surface area (Å²) in [5.41, 5.74) is 0. The zero-order valence-electron chi connectivity index (χ0n) is 5.64. The fourth-order valence-corrected chi connectivity index (χ4v) is 0.541. The lowest BCUT2D eigenvalue weighted by molar-refractivity contribution is 0.142. The Morgan fingerprint density at radius 3 is 2.80 bits per heavy atom. The summed E-state index contributed by atoms with van der Waals surface area (Å²) in [5.74, 6) is 0. The van der Waals surface area contributed by atoms with Crippen molar-refractivity contribution < 1.29 is 9.53 Å². The van der Waals surface area contributed by atoms with Crippen LogP contribution in [0.1, 0.15) is 19.8 Å². The topological polar surface area (TPSA) is 29.5 Å². The summed E-state index contributed by atoms with van der Waals surface area (Å²) in [7, 11) is 0. The van der Waals surface area contributed by atoms with Crippen LogP contribution in [0.4, 0.5) is 4.79 Å². The van der Waals surface area contributed by atoms with Crippen LogP contribution in [0, 0.1) is 0 Å². The molecule has 0 aromatic heterocycles. The van der Waals surface area contributed by atoms with E-state index < -0.39 is 6.09 Å². The number of carbonyl (C=O) groups excluding carboxylic acids is 1. The zero-order valence-corrected chi connectivity index (χ0v) is 8.55. The number of carbonyl (C=O) groups is 1. The lowest BCUT2D eigenvalue weighted by Gasteiger charge is -2.04. The van der Waals surface area contributed by atoms with Crippen molar-refractivity contribution in [2.45, 2.75) is 19.8 Å². The number of rotatable bonds is 3. The molecule has 0 spiro atoms. The molecule has 0 aliphatic rings. The number of hydrogen-bond donors (Lipinski definition) is 0. The van der Waals surface area contributed by atoms with E-state index in [0.29, 0.717) is 6.61 Å². The van der Waals surface area contributed by atoms with Gasteiger partial charge in [-0.2, -0.15) is 2.63 Å². The van der Waals surface area contributed by atoms with Gasteiger partial charge in [-0.1, -0.05) is 13.3 Å². The zero-order chi connectivity index (χ0) is 7.98. The van der Waals surface area contributed by atoms with E-state index in [1.54, 1.807) is 22.9 Å². The summed E-state index contributed by atoms with van der Waals surface area (Å²) in [4.78, 5) is 10.6. The minimum Gasteiger partial charge on any atom is -0.448 e. The first-order valence-electron chi connectivity index (χ1n) is 2.97. The average Bonchev–Trinajstić information content (AvgIpc) is 1.88. The Kier molecular flexibility index (Phi) is 6.20. The predicted molar refractivity (Wildman–Crippen MR) is 48.0 cm³/mol. The lowest BCUT2D eigenvalue weighted by Crippen LogP contribution is -2.12. The molecule has 0 atom stereocenters. The first kappa shape index (κ1) is 10.3. The van der Waals surface area contributed by atoms with Crippen molar-refractivity contribution in [2.24, 2.45) is 0 Å². The normalized spacial score (nSPS) is 9.10. The molecule has 0 aromatic carbocycles. The van der Waals surface area contributed by atoms with Crippen LogP contribution < -0.4 is 0 Å². The fourth-order valence-electron chi connectivity index (χ4n) is 0.353. The molecule has 0 radical (unpaired) electrons. The van der Waals surface area contributed by atoms with Crippen LogP contribution >= 0.6 is 34.6 Å². The Morgan fingerprint density at radius 2 is 2.40 bits per heavy atom.